The van der Waals surface area contributed by atoms with Crippen molar-refractivity contribution < 1.29 is 18.0 Å². The second kappa shape index (κ2) is 9.51. The molecule has 2 N–H and O–H groups in total. The number of hydrogen-bond acceptors (Lipinski definition) is 3. The number of aromatic nitrogens is 2. The van der Waals surface area contributed by atoms with Gasteiger partial charge in [-0.05, 0) is 69.6 Å². The van der Waals surface area contributed by atoms with E-state index in [1.54, 1.807) is 6.20 Å². The Hall–Kier alpha value is -2.51. The number of fused-ring (bicyclic) bond motifs is 1. The number of nitrogens with one attached hydrogen (secondary N) is 2. The number of anilines is 1. The summed E-state index contributed by atoms with van der Waals surface area (Å²) in [6.45, 7) is 8.20. The molecule has 1 unspecified atom stereocenters. The molecule has 1 amide bonds. The number of carbonyl (C=O) groups excluding carboxylic acids is 1. The van der Waals surface area contributed by atoms with Crippen molar-refractivity contribution in [1.29, 1.82) is 0 Å². The third-order valence-corrected chi connectivity index (χ3v) is 8.17. The van der Waals surface area contributed by atoms with Gasteiger partial charge >= 0.3 is 6.18 Å². The maximum Gasteiger partial charge on any atom is 0.416 e. The van der Waals surface area contributed by atoms with Crippen molar-refractivity contribution in [1.82, 2.24) is 15.1 Å². The van der Waals surface area contributed by atoms with Crippen LogP contribution in [0.3, 0.4) is 0 Å². The highest BCUT2D eigenvalue weighted by Crippen LogP contribution is 2.40. The molecule has 0 radical (unpaired) electrons. The topological polar surface area (TPSA) is 59.0 Å². The third-order valence-electron chi connectivity index (χ3n) is 8.17. The highest BCUT2D eigenvalue weighted by Gasteiger charge is 2.40. The Bertz CT molecular complexity index is 1030. The Balaban J connectivity index is 1.61. The maximum atomic E-state index is 13.6. The number of hydrogen-bond donors (Lipinski definition) is 2. The van der Waals surface area contributed by atoms with Crippen LogP contribution >= 0.6 is 0 Å². The van der Waals surface area contributed by atoms with E-state index in [4.69, 9.17) is 0 Å². The third kappa shape index (κ3) is 4.94. The summed E-state index contributed by atoms with van der Waals surface area (Å²) >= 11 is 0. The maximum absolute atomic E-state index is 13.6. The lowest BCUT2D eigenvalue weighted by atomic mass is 9.78. The molecule has 1 atom stereocenters. The molecule has 4 rings (SSSR count). The second-order valence-electron chi connectivity index (χ2n) is 10.8. The van der Waals surface area contributed by atoms with Crippen molar-refractivity contribution in [3.05, 3.63) is 47.2 Å². The molecule has 0 bridgehead atoms. The number of rotatable bonds is 6. The van der Waals surface area contributed by atoms with Crippen LogP contribution in [0.4, 0.5) is 19.0 Å². The molecule has 8 heteroatoms. The molecule has 2 aliphatic rings. The first-order valence-corrected chi connectivity index (χ1v) is 12.9. The first-order valence-electron chi connectivity index (χ1n) is 12.9. The van der Waals surface area contributed by atoms with Crippen molar-refractivity contribution in [3.8, 4) is 0 Å². The molecule has 0 spiro atoms. The van der Waals surface area contributed by atoms with Crippen molar-refractivity contribution >= 4 is 11.7 Å². The van der Waals surface area contributed by atoms with Crippen LogP contribution in [-0.4, -0.2) is 21.7 Å². The summed E-state index contributed by atoms with van der Waals surface area (Å²) in [5, 5.41) is 11.4. The van der Waals surface area contributed by atoms with Crippen molar-refractivity contribution in [2.45, 2.75) is 102 Å². The Morgan fingerprint density at radius 2 is 1.69 bits per heavy atom. The van der Waals surface area contributed by atoms with Gasteiger partial charge in [0.05, 0.1) is 22.8 Å². The largest absolute Gasteiger partial charge is 0.416 e. The Morgan fingerprint density at radius 3 is 2.26 bits per heavy atom. The summed E-state index contributed by atoms with van der Waals surface area (Å²) < 4.78 is 41.2. The monoisotopic (exact) mass is 490 g/mol. The number of alkyl halides is 3. The van der Waals surface area contributed by atoms with Crippen LogP contribution in [0.15, 0.2) is 30.5 Å². The zero-order valence-electron chi connectivity index (χ0n) is 21.1. The number of benzene rings is 1. The van der Waals surface area contributed by atoms with E-state index in [1.165, 1.54) is 44.2 Å². The van der Waals surface area contributed by atoms with Crippen LogP contribution < -0.4 is 10.6 Å². The fraction of sp³-hybridized carbons (Fsp3) is 0.630. The van der Waals surface area contributed by atoms with E-state index in [-0.39, 0.29) is 17.5 Å². The summed E-state index contributed by atoms with van der Waals surface area (Å²) in [5.41, 5.74) is -0.542. The van der Waals surface area contributed by atoms with Gasteiger partial charge in [0, 0.05) is 6.04 Å². The molecule has 1 aliphatic heterocycles. The lowest BCUT2D eigenvalue weighted by Gasteiger charge is -2.42. The minimum Gasteiger partial charge on any atom is -0.366 e. The highest BCUT2D eigenvalue weighted by atomic mass is 19.4. The van der Waals surface area contributed by atoms with Crippen LogP contribution in [0.25, 0.3) is 0 Å². The average Bonchev–Trinajstić information content (AvgIpc) is 3.28. The van der Waals surface area contributed by atoms with Gasteiger partial charge in [-0.1, -0.05) is 45.2 Å². The van der Waals surface area contributed by atoms with Crippen LogP contribution in [0.5, 0.6) is 0 Å². The summed E-state index contributed by atoms with van der Waals surface area (Å²) in [6, 6.07) is 5.41. The van der Waals surface area contributed by atoms with Crippen molar-refractivity contribution in [3.63, 3.8) is 0 Å². The molecule has 35 heavy (non-hydrogen) atoms. The molecule has 2 heterocycles. The summed E-state index contributed by atoms with van der Waals surface area (Å²) in [7, 11) is 0. The molecule has 1 aromatic heterocycles. The first kappa shape index (κ1) is 25.6. The normalized spacial score (nSPS) is 20.7. The molecule has 1 aromatic carbocycles. The van der Waals surface area contributed by atoms with E-state index in [2.05, 4.69) is 29.6 Å². The van der Waals surface area contributed by atoms with E-state index in [0.29, 0.717) is 29.9 Å². The van der Waals surface area contributed by atoms with Gasteiger partial charge in [0.1, 0.15) is 11.4 Å². The summed E-state index contributed by atoms with van der Waals surface area (Å²) in [5.74, 6) is 1.06. The lowest BCUT2D eigenvalue weighted by Crippen LogP contribution is -2.47. The minimum absolute atomic E-state index is 0.221. The fourth-order valence-corrected chi connectivity index (χ4v) is 5.95. The molecule has 2 aromatic rings. The Kier molecular flexibility index (Phi) is 6.95. The van der Waals surface area contributed by atoms with Crippen LogP contribution in [0, 0.1) is 5.92 Å². The van der Waals surface area contributed by atoms with Gasteiger partial charge in [0.2, 0.25) is 0 Å². The van der Waals surface area contributed by atoms with E-state index >= 15 is 0 Å². The number of halogens is 3. The van der Waals surface area contributed by atoms with Gasteiger partial charge < -0.3 is 10.6 Å². The van der Waals surface area contributed by atoms with Gasteiger partial charge in [0.15, 0.2) is 0 Å². The summed E-state index contributed by atoms with van der Waals surface area (Å²) in [6.07, 6.45) is 5.46. The van der Waals surface area contributed by atoms with E-state index in [0.717, 1.165) is 24.4 Å². The van der Waals surface area contributed by atoms with Gasteiger partial charge in [-0.15, -0.1) is 0 Å². The minimum atomic E-state index is -4.40. The van der Waals surface area contributed by atoms with Crippen LogP contribution in [0.2, 0.25) is 0 Å². The van der Waals surface area contributed by atoms with Crippen LogP contribution in [-0.2, 0) is 17.3 Å². The van der Waals surface area contributed by atoms with Crippen molar-refractivity contribution in [2.24, 2.45) is 5.92 Å². The quantitative estimate of drug-likeness (QED) is 0.466. The zero-order valence-corrected chi connectivity index (χ0v) is 21.1. The smallest absolute Gasteiger partial charge is 0.366 e. The van der Waals surface area contributed by atoms with Crippen molar-refractivity contribution in [2.75, 3.05) is 5.32 Å². The molecule has 1 fully saturated rings. The standard InChI is InChI=1S/C27H37F3N4O/c1-5-26(6-2,19-12-14-20(15-13-19)27(28,29)30)33-24(35)21-17-31-34-23(21)32-22(16-25(34,3)4)18-10-8-7-9-11-18/h12-15,17-18,22,32H,5-11,16H2,1-4H3,(H,33,35). The molecular formula is C27H37F3N4O. The van der Waals surface area contributed by atoms with Gasteiger partial charge in [-0.2, -0.15) is 18.3 Å². The Labute approximate surface area is 205 Å². The average molecular weight is 491 g/mol. The SMILES string of the molecule is CCC(CC)(NC(=O)c1cnn2c1NC(C1CCCCC1)CC2(C)C)c1ccc(C(F)(F)F)cc1. The van der Waals surface area contributed by atoms with Gasteiger partial charge in [-0.3, -0.25) is 4.79 Å². The van der Waals surface area contributed by atoms with E-state index < -0.39 is 17.3 Å². The molecule has 1 saturated carbocycles. The zero-order chi connectivity index (χ0) is 25.4. The van der Waals surface area contributed by atoms with E-state index in [1.807, 2.05) is 18.5 Å². The van der Waals surface area contributed by atoms with E-state index in [9.17, 15) is 18.0 Å². The molecule has 1 aliphatic carbocycles. The van der Waals surface area contributed by atoms with Gasteiger partial charge in [0.25, 0.3) is 5.91 Å². The predicted molar refractivity (Wildman–Crippen MR) is 131 cm³/mol. The van der Waals surface area contributed by atoms with Gasteiger partial charge in [-0.25, -0.2) is 4.68 Å². The lowest BCUT2D eigenvalue weighted by molar-refractivity contribution is -0.137. The fourth-order valence-electron chi connectivity index (χ4n) is 5.95. The number of nitrogens with zero attached hydrogens (tertiary/aromatic N) is 2. The molecule has 192 valence electrons. The Morgan fingerprint density at radius 1 is 1.09 bits per heavy atom. The number of amides is 1. The predicted octanol–water partition coefficient (Wildman–Crippen LogP) is 6.85. The van der Waals surface area contributed by atoms with Crippen LogP contribution in [0.1, 0.15) is 101 Å². The first-order chi connectivity index (χ1) is 16.5. The second-order valence-corrected chi connectivity index (χ2v) is 10.8. The summed E-state index contributed by atoms with van der Waals surface area (Å²) in [4.78, 5) is 13.6. The number of carbonyl (C=O) groups is 1. The highest BCUT2D eigenvalue weighted by molar-refractivity contribution is 5.99. The molecule has 0 saturated heterocycles. The molecule has 5 nitrogen and oxygen atoms in total. The molecular weight excluding hydrogens is 453 g/mol.